The molecule has 120 valence electrons. The van der Waals surface area contributed by atoms with E-state index in [1.54, 1.807) is 14.2 Å². The maximum absolute atomic E-state index is 9.97. The zero-order valence-electron chi connectivity index (χ0n) is 13.4. The summed E-state index contributed by atoms with van der Waals surface area (Å²) in [6.07, 6.45) is -0.510. The highest BCUT2D eigenvalue weighted by atomic mass is 16.5. The van der Waals surface area contributed by atoms with Crippen LogP contribution in [0, 0.1) is 0 Å². The van der Waals surface area contributed by atoms with Gasteiger partial charge in [0, 0.05) is 20.2 Å². The lowest BCUT2D eigenvalue weighted by atomic mass is 10.2. The maximum Gasteiger partial charge on any atom is 0.118 e. The molecule has 0 amide bonds. The van der Waals surface area contributed by atoms with Crippen molar-refractivity contribution >= 4 is 0 Å². The predicted octanol–water partition coefficient (Wildman–Crippen LogP) is 1.54. The lowest BCUT2D eigenvalue weighted by Gasteiger charge is -2.22. The first-order valence-corrected chi connectivity index (χ1v) is 7.15. The molecule has 1 aromatic rings. The molecule has 0 aliphatic heterocycles. The number of likely N-dealkylation sites (N-methyl/N-ethyl adjacent to an activating group) is 1. The predicted molar refractivity (Wildman–Crippen MR) is 82.6 cm³/mol. The Kier molecular flexibility index (Phi) is 8.30. The second kappa shape index (κ2) is 9.73. The van der Waals surface area contributed by atoms with Gasteiger partial charge in [-0.15, -0.1) is 0 Å². The number of benzene rings is 1. The van der Waals surface area contributed by atoms with Crippen LogP contribution < -0.4 is 4.74 Å². The van der Waals surface area contributed by atoms with Crippen LogP contribution in [0.5, 0.6) is 5.75 Å². The van der Waals surface area contributed by atoms with Gasteiger partial charge in [0.1, 0.15) is 5.75 Å². The van der Waals surface area contributed by atoms with E-state index in [0.29, 0.717) is 19.8 Å². The minimum absolute atomic E-state index is 0.00320. The van der Waals surface area contributed by atoms with Gasteiger partial charge < -0.3 is 19.3 Å². The van der Waals surface area contributed by atoms with Crippen molar-refractivity contribution < 1.29 is 19.3 Å². The summed E-state index contributed by atoms with van der Waals surface area (Å²) in [6.45, 7) is 4.11. The topological polar surface area (TPSA) is 51.2 Å². The Bertz CT molecular complexity index is 382. The number of rotatable bonds is 10. The molecule has 2 unspecified atom stereocenters. The van der Waals surface area contributed by atoms with Crippen molar-refractivity contribution in [3.8, 4) is 5.75 Å². The van der Waals surface area contributed by atoms with Gasteiger partial charge in [-0.25, -0.2) is 0 Å². The Hall–Kier alpha value is -1.14. The van der Waals surface area contributed by atoms with Gasteiger partial charge in [-0.05, 0) is 31.7 Å². The fraction of sp³-hybridized carbons (Fsp3) is 0.625. The second-order valence-electron chi connectivity index (χ2n) is 5.30. The van der Waals surface area contributed by atoms with E-state index in [0.717, 1.165) is 12.3 Å². The summed E-state index contributed by atoms with van der Waals surface area (Å²) in [7, 11) is 5.27. The standard InChI is InChI=1S/C16H27NO4/c1-13(11-19-3)21-12-15(18)10-17(2)9-14-5-7-16(20-4)8-6-14/h5-8,13,15,18H,9-12H2,1-4H3. The van der Waals surface area contributed by atoms with Crippen molar-refractivity contribution in [2.75, 3.05) is 41.0 Å². The molecule has 21 heavy (non-hydrogen) atoms. The SMILES string of the molecule is COCC(C)OCC(O)CN(C)Cc1ccc(OC)cc1. The molecule has 0 spiro atoms. The number of aliphatic hydroxyl groups is 1. The summed E-state index contributed by atoms with van der Waals surface area (Å²) in [5.41, 5.74) is 1.18. The van der Waals surface area contributed by atoms with E-state index in [2.05, 4.69) is 4.90 Å². The summed E-state index contributed by atoms with van der Waals surface area (Å²) < 4.78 is 15.6. The highest BCUT2D eigenvalue weighted by Crippen LogP contribution is 2.12. The average molecular weight is 297 g/mol. The van der Waals surface area contributed by atoms with Crippen molar-refractivity contribution in [2.24, 2.45) is 0 Å². The summed E-state index contributed by atoms with van der Waals surface area (Å²) in [4.78, 5) is 2.07. The van der Waals surface area contributed by atoms with Gasteiger partial charge >= 0.3 is 0 Å². The van der Waals surface area contributed by atoms with Crippen molar-refractivity contribution in [3.05, 3.63) is 29.8 Å². The summed E-state index contributed by atoms with van der Waals surface area (Å²) in [6, 6.07) is 7.93. The van der Waals surface area contributed by atoms with E-state index in [1.807, 2.05) is 38.2 Å². The van der Waals surface area contributed by atoms with E-state index in [9.17, 15) is 5.11 Å². The van der Waals surface area contributed by atoms with E-state index in [-0.39, 0.29) is 6.10 Å². The minimum atomic E-state index is -0.507. The van der Waals surface area contributed by atoms with Crippen LogP contribution in [0.3, 0.4) is 0 Å². The number of aliphatic hydroxyl groups excluding tert-OH is 1. The summed E-state index contributed by atoms with van der Waals surface area (Å²) >= 11 is 0. The molecule has 2 atom stereocenters. The third-order valence-corrected chi connectivity index (χ3v) is 3.11. The molecule has 0 fully saturated rings. The Morgan fingerprint density at radius 3 is 2.38 bits per heavy atom. The van der Waals surface area contributed by atoms with Gasteiger partial charge in [0.05, 0.1) is 32.5 Å². The third-order valence-electron chi connectivity index (χ3n) is 3.11. The molecular weight excluding hydrogens is 270 g/mol. The van der Waals surface area contributed by atoms with Crippen LogP contribution in [-0.2, 0) is 16.0 Å². The van der Waals surface area contributed by atoms with Crippen molar-refractivity contribution in [3.63, 3.8) is 0 Å². The van der Waals surface area contributed by atoms with E-state index < -0.39 is 6.10 Å². The van der Waals surface area contributed by atoms with Gasteiger partial charge in [0.25, 0.3) is 0 Å². The molecule has 5 nitrogen and oxygen atoms in total. The van der Waals surface area contributed by atoms with Crippen LogP contribution in [-0.4, -0.2) is 63.2 Å². The van der Waals surface area contributed by atoms with Crippen molar-refractivity contribution in [2.45, 2.75) is 25.7 Å². The molecule has 0 aliphatic rings. The highest BCUT2D eigenvalue weighted by molar-refractivity contribution is 5.27. The summed E-state index contributed by atoms with van der Waals surface area (Å²) in [5.74, 6) is 0.849. The quantitative estimate of drug-likeness (QED) is 0.710. The van der Waals surface area contributed by atoms with Crippen LogP contribution in [0.25, 0.3) is 0 Å². The van der Waals surface area contributed by atoms with E-state index in [4.69, 9.17) is 14.2 Å². The van der Waals surface area contributed by atoms with Crippen molar-refractivity contribution in [1.29, 1.82) is 0 Å². The zero-order chi connectivity index (χ0) is 15.7. The number of hydrogen-bond donors (Lipinski definition) is 1. The zero-order valence-corrected chi connectivity index (χ0v) is 13.4. The number of hydrogen-bond acceptors (Lipinski definition) is 5. The third kappa shape index (κ3) is 7.43. The fourth-order valence-electron chi connectivity index (χ4n) is 2.08. The molecule has 0 saturated carbocycles. The molecule has 0 aromatic heterocycles. The minimum Gasteiger partial charge on any atom is -0.497 e. The Morgan fingerprint density at radius 2 is 1.81 bits per heavy atom. The van der Waals surface area contributed by atoms with Gasteiger partial charge in [0.15, 0.2) is 0 Å². The number of methoxy groups -OCH3 is 2. The van der Waals surface area contributed by atoms with E-state index in [1.165, 1.54) is 5.56 Å². The van der Waals surface area contributed by atoms with Crippen LogP contribution in [0.15, 0.2) is 24.3 Å². The van der Waals surface area contributed by atoms with Crippen LogP contribution >= 0.6 is 0 Å². The smallest absolute Gasteiger partial charge is 0.118 e. The van der Waals surface area contributed by atoms with Gasteiger partial charge in [-0.3, -0.25) is 4.90 Å². The lowest BCUT2D eigenvalue weighted by molar-refractivity contribution is -0.0385. The van der Waals surface area contributed by atoms with Gasteiger partial charge in [-0.2, -0.15) is 0 Å². The Balaban J connectivity index is 2.29. The Morgan fingerprint density at radius 1 is 1.14 bits per heavy atom. The first-order chi connectivity index (χ1) is 10.0. The molecule has 0 radical (unpaired) electrons. The molecule has 0 saturated heterocycles. The van der Waals surface area contributed by atoms with E-state index >= 15 is 0 Å². The average Bonchev–Trinajstić information content (AvgIpc) is 2.46. The van der Waals surface area contributed by atoms with Crippen LogP contribution in [0.4, 0.5) is 0 Å². The first-order valence-electron chi connectivity index (χ1n) is 7.15. The van der Waals surface area contributed by atoms with Crippen LogP contribution in [0.2, 0.25) is 0 Å². The maximum atomic E-state index is 9.97. The molecule has 5 heteroatoms. The molecule has 1 aromatic carbocycles. The normalized spacial score (nSPS) is 14.2. The second-order valence-corrected chi connectivity index (χ2v) is 5.30. The molecule has 0 aliphatic carbocycles. The molecule has 0 bridgehead atoms. The number of nitrogens with zero attached hydrogens (tertiary/aromatic N) is 1. The monoisotopic (exact) mass is 297 g/mol. The Labute approximate surface area is 127 Å². The van der Waals surface area contributed by atoms with Crippen molar-refractivity contribution in [1.82, 2.24) is 4.90 Å². The molecule has 1 rings (SSSR count). The van der Waals surface area contributed by atoms with Crippen LogP contribution in [0.1, 0.15) is 12.5 Å². The van der Waals surface area contributed by atoms with Gasteiger partial charge in [-0.1, -0.05) is 12.1 Å². The fourth-order valence-corrected chi connectivity index (χ4v) is 2.08. The first kappa shape index (κ1) is 17.9. The highest BCUT2D eigenvalue weighted by Gasteiger charge is 2.11. The van der Waals surface area contributed by atoms with Gasteiger partial charge in [0.2, 0.25) is 0 Å². The lowest BCUT2D eigenvalue weighted by Crippen LogP contribution is -2.33. The molecule has 1 N–H and O–H groups in total. The number of ether oxygens (including phenoxy) is 3. The molecular formula is C16H27NO4. The largest absolute Gasteiger partial charge is 0.497 e. The summed E-state index contributed by atoms with van der Waals surface area (Å²) in [5, 5.41) is 9.97. The molecule has 0 heterocycles.